The lowest BCUT2D eigenvalue weighted by molar-refractivity contribution is -0.138. The fraction of sp³-hybridized carbons (Fsp3) is 0.518. The summed E-state index contributed by atoms with van der Waals surface area (Å²) in [6.07, 6.45) is 10.0. The zero-order valence-corrected chi connectivity index (χ0v) is 45.2. The number of nitriles is 1. The fourth-order valence-electron chi connectivity index (χ4n) is 10.7. The number of nitrogen functional groups attached to an aromatic ring is 1. The van der Waals surface area contributed by atoms with Crippen molar-refractivity contribution in [1.29, 1.82) is 5.26 Å². The van der Waals surface area contributed by atoms with Gasteiger partial charge in [-0.25, -0.2) is 13.8 Å². The molecular formula is C56H70F2N12O6S. The number of amides is 4. The number of nitrogens with two attached hydrogens (primary N) is 1. The number of carbonyl (C=O) groups excluding carboxylic acids is 5. The first kappa shape index (κ1) is 56.4. The van der Waals surface area contributed by atoms with Crippen LogP contribution in [0.4, 0.5) is 14.6 Å². The minimum atomic E-state index is -0.758. The van der Waals surface area contributed by atoms with E-state index in [0.717, 1.165) is 88.9 Å². The Bertz CT molecular complexity index is 2870. The number of likely N-dealkylation sites (tertiary alicyclic amines) is 2. The topological polar surface area (TPSA) is 233 Å². The number of ketones is 1. The summed E-state index contributed by atoms with van der Waals surface area (Å²) in [6.45, 7) is 7.09. The van der Waals surface area contributed by atoms with E-state index < -0.39 is 35.9 Å². The number of aliphatic imine (C=N–C) groups is 1. The molecule has 0 radical (unpaired) electrons. The van der Waals surface area contributed by atoms with Gasteiger partial charge in [-0.3, -0.25) is 33.6 Å². The number of aromatic nitrogens is 3. The summed E-state index contributed by atoms with van der Waals surface area (Å²) in [4.78, 5) is 82.6. The first-order valence-electron chi connectivity index (χ1n) is 26.9. The van der Waals surface area contributed by atoms with E-state index in [1.165, 1.54) is 70.0 Å². The number of thioether (sulfide) groups is 1. The zero-order valence-electron chi connectivity index (χ0n) is 44.4. The lowest BCUT2D eigenvalue weighted by Crippen LogP contribution is -2.58. The predicted octanol–water partition coefficient (Wildman–Crippen LogP) is 6.44. The van der Waals surface area contributed by atoms with Crippen LogP contribution >= 0.6 is 11.8 Å². The number of piperidine rings is 1. The standard InChI is InChI=1S/C56H70F2N12O6S/c1-34(61-3)53(73)65-50(56(75)69-24-11-12-45(69)54-64-44(33-77-54)51(72)37-14-16-39(57)17-15-37)36-20-25-68(26-21-36)23-10-8-6-5-7-9-13-48(71)62-22-27-70-46(30-59)49-38-28-47(52(60)63-31-38)76-35(2)42-29-40(58)18-19-41(42)55(74)67(4)32-43(49)66-70/h14-19,28-29,31,34-36,44-45,50,61H,5-13,20-27,32-33H2,1-4H3,(H2,60,63)(H,62,71)(H,65,73)/t34-,35+,44?,45-,50-/m0/s1. The molecule has 0 aliphatic carbocycles. The third-order valence-electron chi connectivity index (χ3n) is 15.2. The second-order valence-corrected chi connectivity index (χ2v) is 21.6. The Morgan fingerprint density at radius 2 is 1.69 bits per heavy atom. The van der Waals surface area contributed by atoms with Crippen molar-refractivity contribution in [2.45, 2.75) is 128 Å². The number of hydrogen-bond acceptors (Lipinski definition) is 14. The molecule has 2 saturated heterocycles. The Morgan fingerprint density at radius 3 is 2.43 bits per heavy atom. The summed E-state index contributed by atoms with van der Waals surface area (Å²) in [5, 5.41) is 25.0. The molecule has 4 amide bonds. The number of ether oxygens (including phenoxy) is 1. The maximum atomic E-state index is 14.5. The quantitative estimate of drug-likeness (QED) is 0.0552. The summed E-state index contributed by atoms with van der Waals surface area (Å²) in [5.41, 5.74) is 8.84. The van der Waals surface area contributed by atoms with Crippen LogP contribution in [0, 0.1) is 28.9 Å². The second kappa shape index (κ2) is 26.1. The van der Waals surface area contributed by atoms with Crippen molar-refractivity contribution in [2.75, 3.05) is 58.3 Å². The minimum Gasteiger partial charge on any atom is -0.482 e. The third kappa shape index (κ3) is 13.7. The van der Waals surface area contributed by atoms with Gasteiger partial charge in [-0.05, 0) is 134 Å². The van der Waals surface area contributed by atoms with Crippen LogP contribution in [0.1, 0.15) is 128 Å². The lowest BCUT2D eigenvalue weighted by Gasteiger charge is -2.38. The van der Waals surface area contributed by atoms with E-state index in [4.69, 9.17) is 20.6 Å². The molecule has 0 saturated carbocycles. The number of pyridine rings is 1. The highest BCUT2D eigenvalue weighted by Gasteiger charge is 2.43. The Morgan fingerprint density at radius 1 is 0.961 bits per heavy atom. The predicted molar refractivity (Wildman–Crippen MR) is 290 cm³/mol. The average molecular weight is 1080 g/mol. The number of nitrogens with one attached hydrogen (secondary N) is 3. The molecule has 21 heteroatoms. The SMILES string of the molecule is CN[C@@H](C)C(=O)N[C@H](C(=O)N1CCC[C@H]1C1=NC(C(=O)c2ccc(F)cc2)CS1)C1CCN(CCCCCCCCC(=O)NCCn2nc3c(c2C#N)-c2cnc(N)c(c2)O[C@H](C)c2cc(F)ccc2C(=O)N(C)C3)CC1. The number of benzene rings is 2. The number of fused-ring (bicyclic) bond motifs is 5. The van der Waals surface area contributed by atoms with Crippen LogP contribution in [0.2, 0.25) is 0 Å². The number of hydrogen-bond donors (Lipinski definition) is 4. The Hall–Kier alpha value is -6.76. The molecule has 4 aromatic rings. The molecule has 1 unspecified atom stereocenters. The van der Waals surface area contributed by atoms with Crippen molar-refractivity contribution in [3.63, 3.8) is 0 Å². The largest absolute Gasteiger partial charge is 0.482 e. The first-order chi connectivity index (χ1) is 37.1. The number of Topliss-reactive ketones (excluding diaryl/α,β-unsaturated/α-hetero) is 1. The van der Waals surface area contributed by atoms with E-state index in [1.54, 1.807) is 34.0 Å². The molecule has 77 heavy (non-hydrogen) atoms. The molecular weight excluding hydrogens is 1010 g/mol. The molecule has 18 nitrogen and oxygen atoms in total. The van der Waals surface area contributed by atoms with Gasteiger partial charge in [0.15, 0.2) is 17.4 Å². The van der Waals surface area contributed by atoms with Gasteiger partial charge in [0.2, 0.25) is 17.7 Å². The Labute approximate surface area is 452 Å². The lowest BCUT2D eigenvalue weighted by atomic mass is 9.88. The van der Waals surface area contributed by atoms with Gasteiger partial charge in [0.25, 0.3) is 5.91 Å². The van der Waals surface area contributed by atoms with Gasteiger partial charge >= 0.3 is 0 Å². The molecule has 2 aromatic heterocycles. The maximum absolute atomic E-state index is 14.5. The van der Waals surface area contributed by atoms with E-state index in [2.05, 4.69) is 31.9 Å². The molecule has 5 atom stereocenters. The van der Waals surface area contributed by atoms with Gasteiger partial charge < -0.3 is 41.1 Å². The van der Waals surface area contributed by atoms with E-state index >= 15 is 0 Å². The molecule has 0 spiro atoms. The first-order valence-corrected chi connectivity index (χ1v) is 27.9. The molecule has 2 aromatic carbocycles. The van der Waals surface area contributed by atoms with Crippen LogP contribution in [0.15, 0.2) is 59.7 Å². The van der Waals surface area contributed by atoms with Crippen molar-refractivity contribution in [2.24, 2.45) is 10.9 Å². The van der Waals surface area contributed by atoms with Crippen molar-refractivity contribution in [3.8, 4) is 22.9 Å². The number of unbranched alkanes of at least 4 members (excludes halogenated alkanes) is 5. The van der Waals surface area contributed by atoms with Gasteiger partial charge in [0.05, 0.1) is 35.9 Å². The molecule has 4 aliphatic rings. The van der Waals surface area contributed by atoms with Crippen LogP contribution in [-0.4, -0.2) is 141 Å². The highest BCUT2D eigenvalue weighted by molar-refractivity contribution is 8.14. The third-order valence-corrected chi connectivity index (χ3v) is 16.4. The molecule has 5 N–H and O–H groups in total. The van der Waals surface area contributed by atoms with E-state index in [1.807, 2.05) is 4.90 Å². The number of halogens is 2. The normalized spacial score (nSPS) is 19.7. The molecule has 2 bridgehead atoms. The Balaban J connectivity index is 0.761. The van der Waals surface area contributed by atoms with Crippen molar-refractivity contribution in [1.82, 2.24) is 45.4 Å². The van der Waals surface area contributed by atoms with Gasteiger partial charge in [-0.1, -0.05) is 25.7 Å². The summed E-state index contributed by atoms with van der Waals surface area (Å²) in [6, 6.07) is 11.3. The number of anilines is 1. The number of rotatable bonds is 20. The van der Waals surface area contributed by atoms with Gasteiger partial charge in [0, 0.05) is 66.3 Å². The number of carbonyl (C=O) groups is 5. The molecule has 4 aliphatic heterocycles. The summed E-state index contributed by atoms with van der Waals surface area (Å²) in [7, 11) is 3.33. The van der Waals surface area contributed by atoms with Gasteiger partial charge in [0.1, 0.15) is 41.6 Å². The minimum absolute atomic E-state index is 0.0299. The van der Waals surface area contributed by atoms with Crippen molar-refractivity contribution < 1.29 is 37.5 Å². The Kier molecular flexibility index (Phi) is 19.1. The molecule has 410 valence electrons. The summed E-state index contributed by atoms with van der Waals surface area (Å²) < 4.78 is 35.6. The van der Waals surface area contributed by atoms with Crippen LogP contribution in [0.25, 0.3) is 11.1 Å². The molecule has 8 rings (SSSR count). The van der Waals surface area contributed by atoms with Crippen LogP contribution in [-0.2, 0) is 27.5 Å². The summed E-state index contributed by atoms with van der Waals surface area (Å²) >= 11 is 1.50. The highest BCUT2D eigenvalue weighted by atomic mass is 32.2. The van der Waals surface area contributed by atoms with Crippen LogP contribution < -0.4 is 26.4 Å². The fourth-order valence-corrected chi connectivity index (χ4v) is 11.9. The van der Waals surface area contributed by atoms with E-state index in [9.17, 15) is 38.0 Å². The number of nitrogens with zero attached hydrogens (tertiary/aromatic N) is 8. The smallest absolute Gasteiger partial charge is 0.254 e. The maximum Gasteiger partial charge on any atom is 0.254 e. The van der Waals surface area contributed by atoms with Crippen LogP contribution in [0.5, 0.6) is 5.75 Å². The second-order valence-electron chi connectivity index (χ2n) is 20.5. The summed E-state index contributed by atoms with van der Waals surface area (Å²) in [5.74, 6) is -1.15. The monoisotopic (exact) mass is 1080 g/mol. The van der Waals surface area contributed by atoms with Crippen molar-refractivity contribution in [3.05, 3.63) is 94.4 Å². The zero-order chi connectivity index (χ0) is 54.8. The van der Waals surface area contributed by atoms with E-state index in [0.29, 0.717) is 46.7 Å². The van der Waals surface area contributed by atoms with Crippen molar-refractivity contribution >= 4 is 52.0 Å². The highest BCUT2D eigenvalue weighted by Crippen LogP contribution is 2.37. The number of likely N-dealkylation sites (N-methyl/N-ethyl adjacent to an activating group) is 1. The van der Waals surface area contributed by atoms with E-state index in [-0.39, 0.29) is 83.8 Å². The van der Waals surface area contributed by atoms with Gasteiger partial charge in [-0.2, -0.15) is 10.4 Å². The van der Waals surface area contributed by atoms with Crippen LogP contribution in [0.3, 0.4) is 0 Å². The molecule has 6 heterocycles. The molecule has 2 fully saturated rings. The average Bonchev–Trinajstić information content (AvgIpc) is 4.21. The van der Waals surface area contributed by atoms with Gasteiger partial charge in [-0.15, -0.1) is 11.8 Å².